The molecule has 0 saturated carbocycles. The Balaban J connectivity index is 2.65. The lowest BCUT2D eigenvalue weighted by atomic mass is 9.99. The fraction of sp³-hybridized carbons (Fsp3) is 0.182. The lowest BCUT2D eigenvalue weighted by molar-refractivity contribution is -0.141. The lowest BCUT2D eigenvalue weighted by Gasteiger charge is -2.13. The highest BCUT2D eigenvalue weighted by atomic mass is 19.4. The van der Waals surface area contributed by atoms with Gasteiger partial charge in [0.15, 0.2) is 0 Å². The summed E-state index contributed by atoms with van der Waals surface area (Å²) in [5.41, 5.74) is -3.62. The van der Waals surface area contributed by atoms with Crippen LogP contribution in [0.2, 0.25) is 0 Å². The predicted molar refractivity (Wildman–Crippen MR) is 54.0 cm³/mol. The number of nitrogens with one attached hydrogen (secondary N) is 1. The number of H-pyrrole nitrogens is 1. The largest absolute Gasteiger partial charge is 0.433 e. The van der Waals surface area contributed by atoms with Gasteiger partial charge in [-0.2, -0.15) is 31.4 Å². The van der Waals surface area contributed by atoms with Crippen molar-refractivity contribution >= 4 is 0 Å². The van der Waals surface area contributed by atoms with E-state index in [2.05, 4.69) is 5.10 Å². The molecule has 0 amide bonds. The molecule has 1 aromatic carbocycles. The van der Waals surface area contributed by atoms with Gasteiger partial charge in [-0.25, -0.2) is 0 Å². The van der Waals surface area contributed by atoms with E-state index in [1.54, 1.807) is 5.10 Å². The van der Waals surface area contributed by atoms with Crippen molar-refractivity contribution in [3.63, 3.8) is 0 Å². The molecule has 1 aromatic heterocycles. The van der Waals surface area contributed by atoms with Crippen molar-refractivity contribution in [2.24, 2.45) is 0 Å². The van der Waals surface area contributed by atoms with Crippen molar-refractivity contribution in [3.05, 3.63) is 41.7 Å². The maximum Gasteiger partial charge on any atom is 0.433 e. The van der Waals surface area contributed by atoms with E-state index < -0.39 is 34.7 Å². The molecule has 0 unspecified atom stereocenters. The molecule has 8 heteroatoms. The molecule has 0 aliphatic carbocycles. The van der Waals surface area contributed by atoms with Crippen LogP contribution < -0.4 is 0 Å². The van der Waals surface area contributed by atoms with E-state index in [0.717, 1.165) is 24.4 Å². The van der Waals surface area contributed by atoms with Crippen molar-refractivity contribution in [2.45, 2.75) is 12.4 Å². The second kappa shape index (κ2) is 4.29. The number of aromatic amines is 1. The van der Waals surface area contributed by atoms with E-state index >= 15 is 0 Å². The molecule has 1 N–H and O–H groups in total. The maximum atomic E-state index is 12.8. The Morgan fingerprint density at radius 3 is 2.05 bits per heavy atom. The number of nitrogens with zero attached hydrogens (tertiary/aromatic N) is 1. The zero-order valence-electron chi connectivity index (χ0n) is 9.10. The van der Waals surface area contributed by atoms with Crippen LogP contribution in [0.4, 0.5) is 26.3 Å². The third-order valence-electron chi connectivity index (χ3n) is 2.45. The molecule has 0 aliphatic rings. The minimum atomic E-state index is -4.80. The maximum absolute atomic E-state index is 12.8. The summed E-state index contributed by atoms with van der Waals surface area (Å²) in [6, 6.07) is 4.04. The van der Waals surface area contributed by atoms with Crippen LogP contribution in [0.1, 0.15) is 11.3 Å². The van der Waals surface area contributed by atoms with Crippen molar-refractivity contribution in [1.29, 1.82) is 0 Å². The van der Waals surface area contributed by atoms with Gasteiger partial charge >= 0.3 is 12.4 Å². The van der Waals surface area contributed by atoms with Gasteiger partial charge in [-0.1, -0.05) is 18.2 Å². The molecule has 0 atom stereocenters. The highest BCUT2D eigenvalue weighted by Crippen LogP contribution is 2.41. The number of rotatable bonds is 1. The van der Waals surface area contributed by atoms with E-state index in [9.17, 15) is 26.3 Å². The first-order valence-electron chi connectivity index (χ1n) is 4.98. The molecule has 0 radical (unpaired) electrons. The van der Waals surface area contributed by atoms with Crippen molar-refractivity contribution in [3.8, 4) is 11.1 Å². The normalized spacial score (nSPS) is 12.7. The van der Waals surface area contributed by atoms with E-state index in [1.165, 1.54) is 6.07 Å². The third-order valence-corrected chi connectivity index (χ3v) is 2.45. The Kier molecular flexibility index (Phi) is 3.03. The highest BCUT2D eigenvalue weighted by molar-refractivity contribution is 5.70. The number of hydrogen-bond acceptors (Lipinski definition) is 1. The molecule has 0 spiro atoms. The Morgan fingerprint density at radius 1 is 0.842 bits per heavy atom. The molecule has 0 bridgehead atoms. The monoisotopic (exact) mass is 280 g/mol. The van der Waals surface area contributed by atoms with Gasteiger partial charge < -0.3 is 0 Å². The van der Waals surface area contributed by atoms with Crippen molar-refractivity contribution in [1.82, 2.24) is 10.2 Å². The van der Waals surface area contributed by atoms with Crippen LogP contribution >= 0.6 is 0 Å². The van der Waals surface area contributed by atoms with Crippen LogP contribution in [0.15, 0.2) is 30.5 Å². The van der Waals surface area contributed by atoms with Crippen LogP contribution in [-0.4, -0.2) is 10.2 Å². The van der Waals surface area contributed by atoms with Crippen molar-refractivity contribution < 1.29 is 26.3 Å². The second-order valence-electron chi connectivity index (χ2n) is 3.70. The molecular formula is C11H6F6N2. The average Bonchev–Trinajstić information content (AvgIpc) is 2.76. The average molecular weight is 280 g/mol. The topological polar surface area (TPSA) is 28.7 Å². The van der Waals surface area contributed by atoms with E-state index in [-0.39, 0.29) is 0 Å². The molecule has 0 saturated heterocycles. The molecule has 2 aromatic rings. The lowest BCUT2D eigenvalue weighted by Crippen LogP contribution is -2.10. The Hall–Kier alpha value is -1.99. The summed E-state index contributed by atoms with van der Waals surface area (Å²) < 4.78 is 76.2. The minimum absolute atomic E-state index is 0.559. The summed E-state index contributed by atoms with van der Waals surface area (Å²) in [6.45, 7) is 0. The summed E-state index contributed by atoms with van der Waals surface area (Å²) in [7, 11) is 0. The first-order chi connectivity index (χ1) is 8.71. The van der Waals surface area contributed by atoms with Gasteiger partial charge in [-0.15, -0.1) is 0 Å². The quantitative estimate of drug-likeness (QED) is 0.782. The fourth-order valence-electron chi connectivity index (χ4n) is 1.67. The van der Waals surface area contributed by atoms with Gasteiger partial charge in [-0.05, 0) is 11.6 Å². The molecule has 1 heterocycles. The van der Waals surface area contributed by atoms with Gasteiger partial charge in [0.2, 0.25) is 0 Å². The molecule has 2 rings (SSSR count). The molecule has 0 aliphatic heterocycles. The molecular weight excluding hydrogens is 274 g/mol. The van der Waals surface area contributed by atoms with Crippen LogP contribution in [0.25, 0.3) is 11.1 Å². The number of aromatic nitrogens is 2. The summed E-state index contributed by atoms with van der Waals surface area (Å²) in [5.74, 6) is 0. The summed E-state index contributed by atoms with van der Waals surface area (Å²) >= 11 is 0. The van der Waals surface area contributed by atoms with Crippen LogP contribution in [0.3, 0.4) is 0 Å². The zero-order valence-corrected chi connectivity index (χ0v) is 9.10. The number of benzene rings is 1. The number of halogens is 6. The molecule has 2 nitrogen and oxygen atoms in total. The third kappa shape index (κ3) is 2.56. The zero-order chi connectivity index (χ0) is 14.3. The fourth-order valence-corrected chi connectivity index (χ4v) is 1.67. The van der Waals surface area contributed by atoms with E-state index in [0.29, 0.717) is 0 Å². The molecule has 0 fully saturated rings. The number of alkyl halides is 6. The Bertz CT molecular complexity index is 581. The Labute approximate surface area is 103 Å². The molecule has 19 heavy (non-hydrogen) atoms. The second-order valence-corrected chi connectivity index (χ2v) is 3.70. The smallest absolute Gasteiger partial charge is 0.273 e. The van der Waals surface area contributed by atoms with Crippen LogP contribution in [0, 0.1) is 0 Å². The van der Waals surface area contributed by atoms with Gasteiger partial charge in [0.25, 0.3) is 0 Å². The van der Waals surface area contributed by atoms with E-state index in [4.69, 9.17) is 0 Å². The predicted octanol–water partition coefficient (Wildman–Crippen LogP) is 4.11. The van der Waals surface area contributed by atoms with Gasteiger partial charge in [0.1, 0.15) is 5.69 Å². The van der Waals surface area contributed by atoms with Gasteiger partial charge in [-0.3, -0.25) is 5.10 Å². The first-order valence-corrected chi connectivity index (χ1v) is 4.98. The number of hydrogen-bond donors (Lipinski definition) is 1. The Morgan fingerprint density at radius 2 is 1.47 bits per heavy atom. The molecule has 102 valence electrons. The summed E-state index contributed by atoms with van der Waals surface area (Å²) in [4.78, 5) is 0. The minimum Gasteiger partial charge on any atom is -0.273 e. The SMILES string of the molecule is FC(F)(F)c1ccccc1-c1cn[nH]c1C(F)(F)F. The van der Waals surface area contributed by atoms with Crippen LogP contribution in [0.5, 0.6) is 0 Å². The van der Waals surface area contributed by atoms with Crippen LogP contribution in [-0.2, 0) is 12.4 Å². The van der Waals surface area contributed by atoms with Crippen molar-refractivity contribution in [2.75, 3.05) is 0 Å². The van der Waals surface area contributed by atoms with Gasteiger partial charge in [0, 0.05) is 5.56 Å². The highest BCUT2D eigenvalue weighted by Gasteiger charge is 2.39. The standard InChI is InChI=1S/C11H6F6N2/c12-10(13,14)8-4-2-1-3-6(8)7-5-18-19-9(7)11(15,16)17/h1-5H,(H,18,19). The summed E-state index contributed by atoms with van der Waals surface area (Å²) in [6.07, 6.45) is -8.81. The summed E-state index contributed by atoms with van der Waals surface area (Å²) in [5, 5.41) is 4.86. The first kappa shape index (κ1) is 13.4. The van der Waals surface area contributed by atoms with Gasteiger partial charge in [0.05, 0.1) is 11.8 Å². The van der Waals surface area contributed by atoms with E-state index in [1.807, 2.05) is 0 Å².